The topological polar surface area (TPSA) is 38.9 Å². The molecule has 1 fully saturated rings. The van der Waals surface area contributed by atoms with Crippen molar-refractivity contribution in [1.29, 1.82) is 0 Å². The Balaban J connectivity index is 2.11. The van der Waals surface area contributed by atoms with Crippen LogP contribution in [0.25, 0.3) is 0 Å². The van der Waals surface area contributed by atoms with Gasteiger partial charge in [-0.3, -0.25) is 0 Å². The van der Waals surface area contributed by atoms with Crippen molar-refractivity contribution in [2.45, 2.75) is 50.6 Å². The lowest BCUT2D eigenvalue weighted by Crippen LogP contribution is -2.31. The first kappa shape index (κ1) is 14.6. The van der Waals surface area contributed by atoms with Crippen LogP contribution in [-0.4, -0.2) is 22.3 Å². The average Bonchev–Trinajstić information content (AvgIpc) is 2.84. The second-order valence-corrected chi connectivity index (χ2v) is 5.24. The second kappa shape index (κ2) is 6.11. The van der Waals surface area contributed by atoms with Gasteiger partial charge in [0, 0.05) is 18.2 Å². The summed E-state index contributed by atoms with van der Waals surface area (Å²) < 4.78 is 44.3. The van der Waals surface area contributed by atoms with Crippen molar-refractivity contribution in [2.24, 2.45) is 5.92 Å². The van der Waals surface area contributed by atoms with Crippen molar-refractivity contribution >= 4 is 11.6 Å². The van der Waals surface area contributed by atoms with Gasteiger partial charge in [-0.2, -0.15) is 13.2 Å². The third-order valence-electron chi connectivity index (χ3n) is 3.51. The molecule has 1 aliphatic carbocycles. The number of nitrogens with zero attached hydrogens (tertiary/aromatic N) is 2. The van der Waals surface area contributed by atoms with Crippen LogP contribution in [0.5, 0.6) is 0 Å². The van der Waals surface area contributed by atoms with Crippen LogP contribution in [0.3, 0.4) is 0 Å². The zero-order valence-corrected chi connectivity index (χ0v) is 11.2. The van der Waals surface area contributed by atoms with Crippen LogP contribution >= 0.6 is 11.6 Å². The maximum Gasteiger partial charge on any atom is 0.392 e. The number of hydrogen-bond acceptors (Lipinski definition) is 3. The molecule has 3 nitrogen and oxygen atoms in total. The molecule has 2 atom stereocenters. The molecular weight excluding hydrogens is 281 g/mol. The summed E-state index contributed by atoms with van der Waals surface area (Å²) in [6.45, 7) is 0. The van der Waals surface area contributed by atoms with Gasteiger partial charge in [-0.15, -0.1) is 21.8 Å². The predicted octanol–water partition coefficient (Wildman–Crippen LogP) is 4.08. The largest absolute Gasteiger partial charge is 0.425 e. The van der Waals surface area contributed by atoms with E-state index in [1.165, 1.54) is 0 Å². The van der Waals surface area contributed by atoms with Crippen molar-refractivity contribution < 1.29 is 17.6 Å². The van der Waals surface area contributed by atoms with E-state index in [0.29, 0.717) is 37.5 Å². The summed E-state index contributed by atoms with van der Waals surface area (Å²) in [7, 11) is 0. The molecule has 1 aliphatic rings. The Morgan fingerprint density at radius 1 is 1.21 bits per heavy atom. The smallest absolute Gasteiger partial charge is 0.392 e. The first-order chi connectivity index (χ1) is 9.02. The van der Waals surface area contributed by atoms with Gasteiger partial charge in [-0.05, 0) is 19.3 Å². The molecule has 1 heterocycles. The van der Waals surface area contributed by atoms with E-state index in [0.717, 1.165) is 6.42 Å². The Hall–Kier alpha value is -0.780. The molecule has 108 valence electrons. The third kappa shape index (κ3) is 3.61. The average molecular weight is 297 g/mol. The Morgan fingerprint density at radius 2 is 1.95 bits per heavy atom. The van der Waals surface area contributed by atoms with Crippen LogP contribution < -0.4 is 0 Å². The van der Waals surface area contributed by atoms with Gasteiger partial charge in [0.2, 0.25) is 11.8 Å². The van der Waals surface area contributed by atoms with E-state index >= 15 is 0 Å². The highest BCUT2D eigenvalue weighted by molar-refractivity contribution is 6.17. The van der Waals surface area contributed by atoms with E-state index in [-0.39, 0.29) is 12.3 Å². The minimum atomic E-state index is -4.20. The minimum Gasteiger partial charge on any atom is -0.425 e. The first-order valence-corrected chi connectivity index (χ1v) is 7.00. The standard InChI is InChI=1S/C12H16ClF3N2O/c13-7-3-6-10-17-18-11(19-10)8-4-1-2-5-9(8)12(14,15)16/h8-9H,1-7H2. The molecule has 0 aromatic carbocycles. The lowest BCUT2D eigenvalue weighted by molar-refractivity contribution is -0.188. The van der Waals surface area contributed by atoms with Crippen molar-refractivity contribution in [3.05, 3.63) is 11.8 Å². The van der Waals surface area contributed by atoms with Gasteiger partial charge >= 0.3 is 6.18 Å². The van der Waals surface area contributed by atoms with Crippen molar-refractivity contribution in [1.82, 2.24) is 10.2 Å². The van der Waals surface area contributed by atoms with Crippen molar-refractivity contribution in [2.75, 3.05) is 5.88 Å². The minimum absolute atomic E-state index is 0.131. The summed E-state index contributed by atoms with van der Waals surface area (Å²) in [5.74, 6) is -1.07. The molecule has 0 radical (unpaired) electrons. The summed E-state index contributed by atoms with van der Waals surface area (Å²) in [6, 6.07) is 0. The molecule has 0 N–H and O–H groups in total. The Morgan fingerprint density at radius 3 is 2.63 bits per heavy atom. The van der Waals surface area contributed by atoms with Crippen molar-refractivity contribution in [3.8, 4) is 0 Å². The van der Waals surface area contributed by atoms with Crippen LogP contribution in [0.4, 0.5) is 13.2 Å². The lowest BCUT2D eigenvalue weighted by atomic mass is 9.79. The van der Waals surface area contributed by atoms with E-state index in [4.69, 9.17) is 16.0 Å². The van der Waals surface area contributed by atoms with Crippen LogP contribution in [-0.2, 0) is 6.42 Å². The van der Waals surface area contributed by atoms with E-state index in [9.17, 15) is 13.2 Å². The molecule has 19 heavy (non-hydrogen) atoms. The van der Waals surface area contributed by atoms with E-state index in [2.05, 4.69) is 10.2 Å². The number of hydrogen-bond donors (Lipinski definition) is 0. The molecule has 0 saturated heterocycles. The van der Waals surface area contributed by atoms with Crippen LogP contribution in [0.15, 0.2) is 4.42 Å². The van der Waals surface area contributed by atoms with Crippen molar-refractivity contribution in [3.63, 3.8) is 0 Å². The second-order valence-electron chi connectivity index (χ2n) is 4.87. The number of aromatic nitrogens is 2. The van der Waals surface area contributed by atoms with Gasteiger partial charge in [-0.1, -0.05) is 12.8 Å². The fraction of sp³-hybridized carbons (Fsp3) is 0.833. The van der Waals surface area contributed by atoms with Gasteiger partial charge in [-0.25, -0.2) is 0 Å². The number of alkyl halides is 4. The van der Waals surface area contributed by atoms with Gasteiger partial charge in [0.15, 0.2) is 0 Å². The highest BCUT2D eigenvalue weighted by Gasteiger charge is 2.47. The Bertz CT molecular complexity index is 408. The van der Waals surface area contributed by atoms with Crippen LogP contribution in [0, 0.1) is 5.92 Å². The van der Waals surface area contributed by atoms with E-state index in [1.807, 2.05) is 0 Å². The Labute approximate surface area is 114 Å². The first-order valence-electron chi connectivity index (χ1n) is 6.47. The normalized spacial score (nSPS) is 24.6. The third-order valence-corrected chi connectivity index (χ3v) is 3.78. The van der Waals surface area contributed by atoms with Gasteiger partial charge in [0.25, 0.3) is 0 Å². The zero-order valence-electron chi connectivity index (χ0n) is 10.4. The molecule has 0 spiro atoms. The van der Waals surface area contributed by atoms with E-state index < -0.39 is 18.0 Å². The van der Waals surface area contributed by atoms with Gasteiger partial charge < -0.3 is 4.42 Å². The monoisotopic (exact) mass is 296 g/mol. The fourth-order valence-electron chi connectivity index (χ4n) is 2.55. The van der Waals surface area contributed by atoms with Gasteiger partial charge in [0.05, 0.1) is 5.92 Å². The summed E-state index contributed by atoms with van der Waals surface area (Å²) in [6.07, 6.45) is -1.02. The van der Waals surface area contributed by atoms with Gasteiger partial charge in [0.1, 0.15) is 0 Å². The SMILES string of the molecule is FC(F)(F)C1CCCCC1c1nnc(CCCCl)o1. The highest BCUT2D eigenvalue weighted by atomic mass is 35.5. The molecule has 1 saturated carbocycles. The van der Waals surface area contributed by atoms with Crippen LogP contribution in [0.1, 0.15) is 49.8 Å². The summed E-state index contributed by atoms with van der Waals surface area (Å²) in [5, 5.41) is 7.60. The quantitative estimate of drug-likeness (QED) is 0.786. The lowest BCUT2D eigenvalue weighted by Gasteiger charge is -2.30. The Kier molecular flexibility index (Phi) is 4.71. The molecule has 1 aromatic heterocycles. The molecule has 2 unspecified atom stereocenters. The molecule has 7 heteroatoms. The molecular formula is C12H16ClF3N2O. The van der Waals surface area contributed by atoms with Crippen LogP contribution in [0.2, 0.25) is 0 Å². The molecule has 0 aliphatic heterocycles. The highest BCUT2D eigenvalue weighted by Crippen LogP contribution is 2.45. The number of halogens is 4. The predicted molar refractivity (Wildman–Crippen MR) is 64.1 cm³/mol. The summed E-state index contributed by atoms with van der Waals surface area (Å²) in [4.78, 5) is 0. The molecule has 0 bridgehead atoms. The maximum atomic E-state index is 13.0. The molecule has 1 aromatic rings. The fourth-order valence-corrected chi connectivity index (χ4v) is 2.69. The summed E-state index contributed by atoms with van der Waals surface area (Å²) in [5.41, 5.74) is 0. The number of aryl methyl sites for hydroxylation is 1. The summed E-state index contributed by atoms with van der Waals surface area (Å²) >= 11 is 5.55. The van der Waals surface area contributed by atoms with E-state index in [1.54, 1.807) is 0 Å². The maximum absolute atomic E-state index is 13.0. The molecule has 2 rings (SSSR count). The number of rotatable bonds is 4. The zero-order chi connectivity index (χ0) is 13.9. The molecule has 0 amide bonds.